The molecule has 0 amide bonds. The second kappa shape index (κ2) is 8.15. The fourth-order valence-electron chi connectivity index (χ4n) is 2.39. The minimum Gasteiger partial charge on any atom is -0.490 e. The lowest BCUT2D eigenvalue weighted by atomic mass is 10.1. The summed E-state index contributed by atoms with van der Waals surface area (Å²) in [6.45, 7) is 3.88. The Bertz CT molecular complexity index is 479. The van der Waals surface area contributed by atoms with Gasteiger partial charge in [0.05, 0.1) is 21.6 Å². The lowest BCUT2D eigenvalue weighted by Gasteiger charge is -2.26. The third-order valence-corrected chi connectivity index (χ3v) is 4.70. The monoisotopic (exact) mass is 419 g/mol. The van der Waals surface area contributed by atoms with Crippen molar-refractivity contribution in [2.75, 3.05) is 33.4 Å². The predicted molar refractivity (Wildman–Crippen MR) is 89.0 cm³/mol. The number of likely N-dealkylation sites (tertiary alicyclic amines) is 1. The van der Waals surface area contributed by atoms with Crippen molar-refractivity contribution in [1.82, 2.24) is 4.90 Å². The largest absolute Gasteiger partial charge is 0.490 e. The highest BCUT2D eigenvalue weighted by Crippen LogP contribution is 2.35. The van der Waals surface area contributed by atoms with Gasteiger partial charge in [-0.25, -0.2) is 4.79 Å². The average Bonchev–Trinajstić information content (AvgIpc) is 2.50. The first-order valence-electron chi connectivity index (χ1n) is 7.04. The van der Waals surface area contributed by atoms with E-state index in [-0.39, 0.29) is 5.97 Å². The predicted octanol–water partition coefficient (Wildman–Crippen LogP) is 3.86. The summed E-state index contributed by atoms with van der Waals surface area (Å²) in [5.41, 5.74) is 0.486. The maximum Gasteiger partial charge on any atom is 0.337 e. The van der Waals surface area contributed by atoms with Gasteiger partial charge < -0.3 is 9.47 Å². The maximum atomic E-state index is 11.5. The Morgan fingerprint density at radius 3 is 2.38 bits per heavy atom. The molecule has 0 saturated carbocycles. The molecule has 0 atom stereocenters. The van der Waals surface area contributed by atoms with Crippen LogP contribution in [0.1, 0.15) is 29.6 Å². The Morgan fingerprint density at radius 1 is 1.19 bits per heavy atom. The van der Waals surface area contributed by atoms with E-state index in [9.17, 15) is 4.79 Å². The van der Waals surface area contributed by atoms with Crippen molar-refractivity contribution >= 4 is 37.8 Å². The van der Waals surface area contributed by atoms with Crippen LogP contribution in [0.25, 0.3) is 0 Å². The van der Waals surface area contributed by atoms with Crippen LogP contribution in [0.2, 0.25) is 0 Å². The summed E-state index contributed by atoms with van der Waals surface area (Å²) < 4.78 is 12.1. The van der Waals surface area contributed by atoms with Crippen LogP contribution in [-0.2, 0) is 4.74 Å². The molecular formula is C15H19Br2NO3. The summed E-state index contributed by atoms with van der Waals surface area (Å²) in [4.78, 5) is 14.0. The third kappa shape index (κ3) is 4.69. The number of benzene rings is 1. The van der Waals surface area contributed by atoms with E-state index >= 15 is 0 Å². The number of carbonyl (C=O) groups excluding carboxylic acids is 1. The number of nitrogens with zero attached hydrogens (tertiary/aromatic N) is 1. The Hall–Kier alpha value is -0.590. The maximum absolute atomic E-state index is 11.5. The number of halogens is 2. The van der Waals surface area contributed by atoms with Gasteiger partial charge in [0.1, 0.15) is 12.4 Å². The molecule has 0 radical (unpaired) electrons. The van der Waals surface area contributed by atoms with Gasteiger partial charge in [-0.05, 0) is 69.9 Å². The van der Waals surface area contributed by atoms with E-state index in [1.54, 1.807) is 12.1 Å². The fraction of sp³-hybridized carbons (Fsp3) is 0.533. The van der Waals surface area contributed by atoms with Crippen LogP contribution in [0.4, 0.5) is 0 Å². The van der Waals surface area contributed by atoms with Gasteiger partial charge in [-0.2, -0.15) is 0 Å². The second-order valence-electron chi connectivity index (χ2n) is 5.01. The van der Waals surface area contributed by atoms with Crippen molar-refractivity contribution < 1.29 is 14.3 Å². The summed E-state index contributed by atoms with van der Waals surface area (Å²) in [7, 11) is 1.37. The van der Waals surface area contributed by atoms with Gasteiger partial charge in [-0.1, -0.05) is 6.42 Å². The zero-order chi connectivity index (χ0) is 15.2. The number of piperidine rings is 1. The molecule has 1 aliphatic heterocycles. The molecule has 1 aromatic rings. The quantitative estimate of drug-likeness (QED) is 0.678. The summed E-state index contributed by atoms with van der Waals surface area (Å²) in [6, 6.07) is 3.43. The van der Waals surface area contributed by atoms with Crippen LogP contribution in [0.5, 0.6) is 5.75 Å². The number of methoxy groups -OCH3 is 1. The molecule has 0 N–H and O–H groups in total. The van der Waals surface area contributed by atoms with E-state index in [4.69, 9.17) is 9.47 Å². The van der Waals surface area contributed by atoms with Crippen LogP contribution in [-0.4, -0.2) is 44.2 Å². The first-order valence-corrected chi connectivity index (χ1v) is 8.63. The van der Waals surface area contributed by atoms with E-state index in [0.717, 1.165) is 34.3 Å². The second-order valence-corrected chi connectivity index (χ2v) is 6.72. The molecule has 2 rings (SSSR count). The van der Waals surface area contributed by atoms with Gasteiger partial charge in [-0.3, -0.25) is 4.90 Å². The van der Waals surface area contributed by atoms with Crippen LogP contribution in [0.3, 0.4) is 0 Å². The average molecular weight is 421 g/mol. The van der Waals surface area contributed by atoms with E-state index in [1.807, 2.05) is 0 Å². The smallest absolute Gasteiger partial charge is 0.337 e. The molecule has 1 aliphatic rings. The summed E-state index contributed by atoms with van der Waals surface area (Å²) >= 11 is 6.89. The lowest BCUT2D eigenvalue weighted by Crippen LogP contribution is -2.33. The van der Waals surface area contributed by atoms with Gasteiger partial charge in [0.2, 0.25) is 0 Å². The van der Waals surface area contributed by atoms with Crippen molar-refractivity contribution in [2.45, 2.75) is 19.3 Å². The first kappa shape index (κ1) is 16.8. The standard InChI is InChI=1S/C15H19Br2NO3/c1-20-15(19)11-9-12(16)14(13(17)10-11)21-8-7-18-5-3-2-4-6-18/h9-10H,2-8H2,1H3. The van der Waals surface area contributed by atoms with Crippen molar-refractivity contribution in [3.8, 4) is 5.75 Å². The summed E-state index contributed by atoms with van der Waals surface area (Å²) in [5, 5.41) is 0. The molecule has 1 fully saturated rings. The normalized spacial score (nSPS) is 15.8. The molecule has 21 heavy (non-hydrogen) atoms. The van der Waals surface area contributed by atoms with Crippen LogP contribution in [0, 0.1) is 0 Å². The highest BCUT2D eigenvalue weighted by atomic mass is 79.9. The SMILES string of the molecule is COC(=O)c1cc(Br)c(OCCN2CCCCC2)c(Br)c1. The summed E-state index contributed by atoms with van der Waals surface area (Å²) in [5.74, 6) is 0.357. The topological polar surface area (TPSA) is 38.8 Å². The number of esters is 1. The van der Waals surface area contributed by atoms with Crippen molar-refractivity contribution in [2.24, 2.45) is 0 Å². The lowest BCUT2D eigenvalue weighted by molar-refractivity contribution is 0.0600. The number of hydrogen-bond donors (Lipinski definition) is 0. The van der Waals surface area contributed by atoms with Crippen molar-refractivity contribution in [3.63, 3.8) is 0 Å². The number of carbonyl (C=O) groups is 1. The Kier molecular flexibility index (Phi) is 6.51. The molecule has 116 valence electrons. The van der Waals surface area contributed by atoms with Gasteiger partial charge in [0, 0.05) is 6.54 Å². The van der Waals surface area contributed by atoms with E-state index in [0.29, 0.717) is 12.2 Å². The van der Waals surface area contributed by atoms with Gasteiger partial charge in [-0.15, -0.1) is 0 Å². The third-order valence-electron chi connectivity index (χ3n) is 3.52. The van der Waals surface area contributed by atoms with Gasteiger partial charge in [0.25, 0.3) is 0 Å². The fourth-order valence-corrected chi connectivity index (χ4v) is 3.81. The van der Waals surface area contributed by atoms with Gasteiger partial charge >= 0.3 is 5.97 Å². The van der Waals surface area contributed by atoms with Crippen LogP contribution >= 0.6 is 31.9 Å². The van der Waals surface area contributed by atoms with E-state index in [2.05, 4.69) is 36.8 Å². The molecule has 1 aromatic carbocycles. The van der Waals surface area contributed by atoms with Crippen molar-refractivity contribution in [3.05, 3.63) is 26.6 Å². The number of hydrogen-bond acceptors (Lipinski definition) is 4. The molecular weight excluding hydrogens is 402 g/mol. The van der Waals surface area contributed by atoms with Crippen LogP contribution in [0.15, 0.2) is 21.1 Å². The molecule has 0 unspecified atom stereocenters. The molecule has 1 saturated heterocycles. The molecule has 1 heterocycles. The zero-order valence-corrected chi connectivity index (χ0v) is 15.2. The zero-order valence-electron chi connectivity index (χ0n) is 12.0. The molecule has 0 spiro atoms. The van der Waals surface area contributed by atoms with Crippen LogP contribution < -0.4 is 4.74 Å². The molecule has 0 aromatic heterocycles. The Labute approximate surface area is 142 Å². The number of rotatable bonds is 5. The number of ether oxygens (including phenoxy) is 2. The van der Waals surface area contributed by atoms with Gasteiger partial charge in [0.15, 0.2) is 0 Å². The Balaban J connectivity index is 1.95. The molecule has 4 nitrogen and oxygen atoms in total. The Morgan fingerprint density at radius 2 is 1.81 bits per heavy atom. The minimum absolute atomic E-state index is 0.365. The molecule has 0 bridgehead atoms. The first-order chi connectivity index (χ1) is 10.1. The van der Waals surface area contributed by atoms with Crippen molar-refractivity contribution in [1.29, 1.82) is 0 Å². The highest BCUT2D eigenvalue weighted by molar-refractivity contribution is 9.11. The summed E-state index contributed by atoms with van der Waals surface area (Å²) in [6.07, 6.45) is 3.89. The molecule has 0 aliphatic carbocycles. The molecule has 6 heteroatoms. The highest BCUT2D eigenvalue weighted by Gasteiger charge is 2.15. The van der Waals surface area contributed by atoms with E-state index < -0.39 is 0 Å². The van der Waals surface area contributed by atoms with E-state index in [1.165, 1.54) is 26.4 Å². The minimum atomic E-state index is -0.365.